The van der Waals surface area contributed by atoms with Crippen LogP contribution in [0.5, 0.6) is 0 Å². The highest BCUT2D eigenvalue weighted by Gasteiger charge is 2.38. The molecule has 0 radical (unpaired) electrons. The van der Waals surface area contributed by atoms with E-state index in [1.54, 1.807) is 0 Å². The Morgan fingerprint density at radius 2 is 2.04 bits per heavy atom. The van der Waals surface area contributed by atoms with Crippen LogP contribution in [-0.2, 0) is 24.1 Å². The molecule has 0 saturated carbocycles. The summed E-state index contributed by atoms with van der Waals surface area (Å²) in [6, 6.07) is 17.2. The fraction of sp³-hybridized carbons (Fsp3) is 0.250. The Balaban J connectivity index is 1.79. The van der Waals surface area contributed by atoms with Crippen molar-refractivity contribution < 1.29 is 0 Å². The third kappa shape index (κ3) is 3.11. The Hall–Kier alpha value is -1.71. The Morgan fingerprint density at radius 3 is 2.83 bits per heavy atom. The number of imidazole rings is 1. The molecule has 4 rings (SSSR count). The molecule has 0 spiro atoms. The molecule has 2 nitrogen and oxygen atoms in total. The Bertz CT molecular complexity index is 817. The maximum absolute atomic E-state index is 6.25. The molecule has 2 heterocycles. The standard InChI is InChI=1S/C20H19ClN2S/c21-18-6-7-19-17(12-18)8-11-24-20(19,14-23-10-9-22-15-23)13-16-4-2-1-3-5-16/h1-7,9-10,12,15H,8,11,13-14H2. The normalized spacial score (nSPS) is 19.9. The maximum Gasteiger partial charge on any atom is 0.0946 e. The summed E-state index contributed by atoms with van der Waals surface area (Å²) in [4.78, 5) is 4.23. The second-order valence-corrected chi connectivity index (χ2v) is 8.21. The SMILES string of the molecule is Clc1ccc2c(c1)CCSC2(Cc1ccccc1)Cn1ccnc1. The van der Waals surface area contributed by atoms with Crippen molar-refractivity contribution in [2.75, 3.05) is 5.75 Å². The number of benzene rings is 2. The molecule has 3 aromatic rings. The molecule has 4 heteroatoms. The van der Waals surface area contributed by atoms with Crippen LogP contribution >= 0.6 is 23.4 Å². The summed E-state index contributed by atoms with van der Waals surface area (Å²) in [5.74, 6) is 1.12. The molecule has 0 amide bonds. The van der Waals surface area contributed by atoms with E-state index in [0.29, 0.717) is 0 Å². The van der Waals surface area contributed by atoms with Crippen molar-refractivity contribution in [2.24, 2.45) is 0 Å². The summed E-state index contributed by atoms with van der Waals surface area (Å²) < 4.78 is 2.21. The number of hydrogen-bond donors (Lipinski definition) is 0. The van der Waals surface area contributed by atoms with Crippen molar-refractivity contribution in [3.8, 4) is 0 Å². The van der Waals surface area contributed by atoms with Crippen molar-refractivity contribution in [3.05, 3.63) is 89.0 Å². The van der Waals surface area contributed by atoms with Crippen LogP contribution in [0.25, 0.3) is 0 Å². The highest BCUT2D eigenvalue weighted by Crippen LogP contribution is 2.47. The minimum atomic E-state index is 0.0141. The van der Waals surface area contributed by atoms with Crippen LogP contribution in [0, 0.1) is 0 Å². The molecular formula is C20H19ClN2S. The second-order valence-electron chi connectivity index (χ2n) is 6.29. The number of aryl methyl sites for hydroxylation is 1. The number of aromatic nitrogens is 2. The molecular weight excluding hydrogens is 336 g/mol. The number of fused-ring (bicyclic) bond motifs is 1. The number of hydrogen-bond acceptors (Lipinski definition) is 2. The van der Waals surface area contributed by atoms with Gasteiger partial charge < -0.3 is 4.57 Å². The van der Waals surface area contributed by atoms with Crippen molar-refractivity contribution in [1.82, 2.24) is 9.55 Å². The van der Waals surface area contributed by atoms with Gasteiger partial charge in [-0.25, -0.2) is 4.98 Å². The van der Waals surface area contributed by atoms with Crippen LogP contribution in [0.3, 0.4) is 0 Å². The molecule has 0 fully saturated rings. The van der Waals surface area contributed by atoms with Crippen molar-refractivity contribution in [2.45, 2.75) is 24.1 Å². The molecule has 1 aromatic heterocycles. The van der Waals surface area contributed by atoms with Gasteiger partial charge in [0, 0.05) is 24.0 Å². The molecule has 1 atom stereocenters. The van der Waals surface area contributed by atoms with Crippen molar-refractivity contribution >= 4 is 23.4 Å². The van der Waals surface area contributed by atoms with Crippen LogP contribution in [0.2, 0.25) is 5.02 Å². The summed E-state index contributed by atoms with van der Waals surface area (Å²) >= 11 is 8.31. The van der Waals surface area contributed by atoms with E-state index in [2.05, 4.69) is 70.0 Å². The second kappa shape index (κ2) is 6.66. The van der Waals surface area contributed by atoms with Crippen LogP contribution in [0.15, 0.2) is 67.3 Å². The molecule has 0 N–H and O–H groups in total. The monoisotopic (exact) mass is 354 g/mol. The predicted molar refractivity (Wildman–Crippen MR) is 102 cm³/mol. The largest absolute Gasteiger partial charge is 0.336 e. The molecule has 24 heavy (non-hydrogen) atoms. The number of nitrogens with zero attached hydrogens (tertiary/aromatic N) is 2. The predicted octanol–water partition coefficient (Wildman–Crippen LogP) is 4.96. The topological polar surface area (TPSA) is 17.8 Å². The van der Waals surface area contributed by atoms with E-state index in [-0.39, 0.29) is 4.75 Å². The average molecular weight is 355 g/mol. The first kappa shape index (κ1) is 15.8. The zero-order valence-corrected chi connectivity index (χ0v) is 14.9. The minimum absolute atomic E-state index is 0.0141. The van der Waals surface area contributed by atoms with E-state index in [0.717, 1.165) is 30.2 Å². The zero-order chi connectivity index (χ0) is 16.4. The number of rotatable bonds is 4. The lowest BCUT2D eigenvalue weighted by molar-refractivity contribution is 0.500. The van der Waals surface area contributed by atoms with Gasteiger partial charge in [0.1, 0.15) is 0 Å². The van der Waals surface area contributed by atoms with E-state index in [4.69, 9.17) is 11.6 Å². The summed E-state index contributed by atoms with van der Waals surface area (Å²) in [6.45, 7) is 0.918. The van der Waals surface area contributed by atoms with Gasteiger partial charge in [-0.3, -0.25) is 0 Å². The van der Waals surface area contributed by atoms with E-state index in [1.165, 1.54) is 16.7 Å². The summed E-state index contributed by atoms with van der Waals surface area (Å²) in [5, 5.41) is 0.830. The lowest BCUT2D eigenvalue weighted by Gasteiger charge is -2.39. The van der Waals surface area contributed by atoms with Crippen LogP contribution < -0.4 is 0 Å². The lowest BCUT2D eigenvalue weighted by atomic mass is 9.86. The van der Waals surface area contributed by atoms with E-state index < -0.39 is 0 Å². The van der Waals surface area contributed by atoms with Gasteiger partial charge in [0.15, 0.2) is 0 Å². The number of thioether (sulfide) groups is 1. The first-order valence-corrected chi connectivity index (χ1v) is 9.54. The van der Waals surface area contributed by atoms with Crippen molar-refractivity contribution in [1.29, 1.82) is 0 Å². The van der Waals surface area contributed by atoms with Crippen LogP contribution in [0.4, 0.5) is 0 Å². The average Bonchev–Trinajstić information content (AvgIpc) is 3.08. The molecule has 1 aliphatic heterocycles. The molecule has 0 bridgehead atoms. The maximum atomic E-state index is 6.25. The van der Waals surface area contributed by atoms with Gasteiger partial charge >= 0.3 is 0 Å². The van der Waals surface area contributed by atoms with Gasteiger partial charge in [0.25, 0.3) is 0 Å². The van der Waals surface area contributed by atoms with Gasteiger partial charge in [-0.2, -0.15) is 0 Å². The third-order valence-corrected chi connectivity index (χ3v) is 6.33. The summed E-state index contributed by atoms with van der Waals surface area (Å²) in [6.07, 6.45) is 7.91. The smallest absolute Gasteiger partial charge is 0.0946 e. The van der Waals surface area contributed by atoms with Crippen LogP contribution in [0.1, 0.15) is 16.7 Å². The fourth-order valence-electron chi connectivity index (χ4n) is 3.58. The molecule has 0 aliphatic carbocycles. The summed E-state index contributed by atoms with van der Waals surface area (Å²) in [7, 11) is 0. The quantitative estimate of drug-likeness (QED) is 0.658. The number of halogens is 1. The first-order valence-electron chi connectivity index (χ1n) is 8.18. The highest BCUT2D eigenvalue weighted by atomic mass is 35.5. The molecule has 1 aliphatic rings. The lowest BCUT2D eigenvalue weighted by Crippen LogP contribution is -2.35. The van der Waals surface area contributed by atoms with E-state index >= 15 is 0 Å². The Labute approximate surface area is 151 Å². The minimum Gasteiger partial charge on any atom is -0.336 e. The third-order valence-electron chi connectivity index (χ3n) is 4.64. The van der Waals surface area contributed by atoms with Gasteiger partial charge in [-0.1, -0.05) is 48.0 Å². The summed E-state index contributed by atoms with van der Waals surface area (Å²) in [5.41, 5.74) is 4.17. The molecule has 2 aromatic carbocycles. The van der Waals surface area contributed by atoms with E-state index in [1.807, 2.05) is 18.6 Å². The first-order chi connectivity index (χ1) is 11.8. The van der Waals surface area contributed by atoms with Gasteiger partial charge in [0.2, 0.25) is 0 Å². The van der Waals surface area contributed by atoms with Crippen molar-refractivity contribution in [3.63, 3.8) is 0 Å². The van der Waals surface area contributed by atoms with Gasteiger partial charge in [-0.15, -0.1) is 11.8 Å². The van der Waals surface area contributed by atoms with E-state index in [9.17, 15) is 0 Å². The molecule has 1 unspecified atom stereocenters. The zero-order valence-electron chi connectivity index (χ0n) is 13.4. The molecule has 0 saturated heterocycles. The molecule has 122 valence electrons. The highest BCUT2D eigenvalue weighted by molar-refractivity contribution is 8.00. The van der Waals surface area contributed by atoms with Gasteiger partial charge in [-0.05, 0) is 47.4 Å². The van der Waals surface area contributed by atoms with Gasteiger partial charge in [0.05, 0.1) is 11.1 Å². The Morgan fingerprint density at radius 1 is 1.17 bits per heavy atom. The fourth-order valence-corrected chi connectivity index (χ4v) is 5.35. The van der Waals surface area contributed by atoms with Crippen LogP contribution in [-0.4, -0.2) is 15.3 Å². The Kier molecular flexibility index (Phi) is 4.38.